The highest BCUT2D eigenvalue weighted by Gasteiger charge is 2.41. The first-order chi connectivity index (χ1) is 13.5. The van der Waals surface area contributed by atoms with Crippen LogP contribution in [0.5, 0.6) is 0 Å². The van der Waals surface area contributed by atoms with E-state index < -0.39 is 17.2 Å². The minimum atomic E-state index is -0.614. The summed E-state index contributed by atoms with van der Waals surface area (Å²) in [7, 11) is 0. The number of nitrogens with two attached hydrogens (primary N) is 1. The van der Waals surface area contributed by atoms with Crippen molar-refractivity contribution in [2.24, 2.45) is 5.73 Å². The van der Waals surface area contributed by atoms with E-state index in [1.165, 1.54) is 6.20 Å². The maximum absolute atomic E-state index is 12.0. The topological polar surface area (TPSA) is 158 Å². The molecule has 1 amide bonds. The van der Waals surface area contributed by atoms with Crippen molar-refractivity contribution in [2.75, 3.05) is 0 Å². The molecule has 0 saturated heterocycles. The van der Waals surface area contributed by atoms with Crippen LogP contribution in [0.4, 0.5) is 0 Å². The fraction of sp³-hybridized carbons (Fsp3) is 0.158. The van der Waals surface area contributed by atoms with Gasteiger partial charge < -0.3 is 10.7 Å². The van der Waals surface area contributed by atoms with E-state index in [-0.39, 0.29) is 28.8 Å². The van der Waals surface area contributed by atoms with Gasteiger partial charge in [0.15, 0.2) is 5.69 Å². The number of benzene rings is 1. The van der Waals surface area contributed by atoms with Crippen molar-refractivity contribution in [3.05, 3.63) is 79.8 Å². The highest BCUT2D eigenvalue weighted by Crippen LogP contribution is 2.55. The van der Waals surface area contributed by atoms with Gasteiger partial charge in [0.1, 0.15) is 11.8 Å². The molecular formula is C19H14N6O3. The number of carbonyl (C=O) groups is 1. The summed E-state index contributed by atoms with van der Waals surface area (Å²) in [6.45, 7) is 0. The number of nitriles is 1. The van der Waals surface area contributed by atoms with Gasteiger partial charge in [-0.3, -0.25) is 14.6 Å². The summed E-state index contributed by atoms with van der Waals surface area (Å²) in [6, 6.07) is 10.7. The standard InChI is InChI=1S/C19H14N6O3/c20-7-16-13(6-15(24-25-16)14-8-22-19(28)23-18(14)27)12-5-11(12)9-1-3-10(4-2-9)17(21)26/h1-4,6,8,11-12H,5H2,(H2,21,26)(H2,22,23,27,28)/t11-,12+/m1/s1. The highest BCUT2D eigenvalue weighted by molar-refractivity contribution is 5.92. The largest absolute Gasteiger partial charge is 0.366 e. The third-order valence-corrected chi connectivity index (χ3v) is 4.84. The Balaban J connectivity index is 1.68. The fourth-order valence-electron chi connectivity index (χ4n) is 3.31. The predicted molar refractivity (Wildman–Crippen MR) is 98.5 cm³/mol. The Bertz CT molecular complexity index is 1240. The quantitative estimate of drug-likeness (QED) is 0.611. The number of carbonyl (C=O) groups excluding carboxylic acids is 1. The lowest BCUT2D eigenvalue weighted by molar-refractivity contribution is 0.100. The zero-order chi connectivity index (χ0) is 19.8. The van der Waals surface area contributed by atoms with Crippen LogP contribution in [0.15, 0.2) is 46.1 Å². The van der Waals surface area contributed by atoms with Gasteiger partial charge in [-0.1, -0.05) is 12.1 Å². The number of H-pyrrole nitrogens is 2. The van der Waals surface area contributed by atoms with Gasteiger partial charge in [0.2, 0.25) is 5.91 Å². The summed E-state index contributed by atoms with van der Waals surface area (Å²) in [6.07, 6.45) is 2.08. The number of aromatic amines is 2. The minimum absolute atomic E-state index is 0.0465. The second-order valence-corrected chi connectivity index (χ2v) is 6.57. The van der Waals surface area contributed by atoms with Crippen molar-refractivity contribution in [1.29, 1.82) is 5.26 Å². The number of aromatic nitrogens is 4. The number of hydrogen-bond donors (Lipinski definition) is 3. The van der Waals surface area contributed by atoms with Crippen LogP contribution in [0.1, 0.15) is 45.4 Å². The van der Waals surface area contributed by atoms with Crippen molar-refractivity contribution in [3.63, 3.8) is 0 Å². The van der Waals surface area contributed by atoms with Gasteiger partial charge in [-0.15, -0.1) is 10.2 Å². The van der Waals surface area contributed by atoms with Gasteiger partial charge in [0.05, 0.1) is 5.56 Å². The predicted octanol–water partition coefficient (Wildman–Crippen LogP) is 0.762. The Kier molecular flexibility index (Phi) is 4.08. The summed E-state index contributed by atoms with van der Waals surface area (Å²) >= 11 is 0. The Hall–Kier alpha value is -4.06. The number of hydrogen-bond acceptors (Lipinski definition) is 6. The molecule has 0 bridgehead atoms. The molecule has 2 heterocycles. The average molecular weight is 374 g/mol. The molecule has 1 fully saturated rings. The van der Waals surface area contributed by atoms with E-state index in [0.29, 0.717) is 11.1 Å². The van der Waals surface area contributed by atoms with Crippen molar-refractivity contribution in [2.45, 2.75) is 18.3 Å². The van der Waals surface area contributed by atoms with Gasteiger partial charge in [0, 0.05) is 11.8 Å². The molecule has 2 aromatic heterocycles. The first-order valence-corrected chi connectivity index (χ1v) is 8.48. The molecule has 0 radical (unpaired) electrons. The van der Waals surface area contributed by atoms with Crippen LogP contribution in [0.2, 0.25) is 0 Å². The lowest BCUT2D eigenvalue weighted by Gasteiger charge is -2.06. The molecule has 4 N–H and O–H groups in total. The Morgan fingerprint density at radius 3 is 2.57 bits per heavy atom. The van der Waals surface area contributed by atoms with E-state index in [0.717, 1.165) is 12.0 Å². The Labute approximate surface area is 157 Å². The van der Waals surface area contributed by atoms with Gasteiger partial charge in [-0.05, 0) is 47.6 Å². The fourth-order valence-corrected chi connectivity index (χ4v) is 3.31. The van der Waals surface area contributed by atoms with Crippen LogP contribution in [0.3, 0.4) is 0 Å². The normalized spacial score (nSPS) is 17.7. The summed E-state index contributed by atoms with van der Waals surface area (Å²) in [5, 5.41) is 17.3. The smallest absolute Gasteiger partial charge is 0.325 e. The lowest BCUT2D eigenvalue weighted by Crippen LogP contribution is -2.23. The first kappa shape index (κ1) is 17.4. The molecule has 28 heavy (non-hydrogen) atoms. The number of nitrogens with one attached hydrogen (secondary N) is 2. The highest BCUT2D eigenvalue weighted by atomic mass is 16.2. The van der Waals surface area contributed by atoms with Crippen LogP contribution in [-0.4, -0.2) is 26.1 Å². The van der Waals surface area contributed by atoms with Gasteiger partial charge in [0.25, 0.3) is 5.56 Å². The van der Waals surface area contributed by atoms with Gasteiger partial charge >= 0.3 is 5.69 Å². The first-order valence-electron chi connectivity index (χ1n) is 8.48. The second-order valence-electron chi connectivity index (χ2n) is 6.57. The molecule has 0 aliphatic heterocycles. The Morgan fingerprint density at radius 2 is 1.93 bits per heavy atom. The summed E-state index contributed by atoms with van der Waals surface area (Å²) < 4.78 is 0. The second kappa shape index (κ2) is 6.59. The molecular weight excluding hydrogens is 360 g/mol. The average Bonchev–Trinajstić information content (AvgIpc) is 3.48. The van der Waals surface area contributed by atoms with E-state index >= 15 is 0 Å². The van der Waals surface area contributed by atoms with E-state index in [1.807, 2.05) is 18.2 Å². The molecule has 0 spiro atoms. The number of nitrogens with zero attached hydrogens (tertiary/aromatic N) is 3. The summed E-state index contributed by atoms with van der Waals surface area (Å²) in [4.78, 5) is 39.0. The maximum Gasteiger partial charge on any atom is 0.325 e. The molecule has 4 rings (SSSR count). The molecule has 138 valence electrons. The SMILES string of the molecule is N#Cc1nnc(-c2c[nH]c(=O)[nH]c2=O)cc1[C@H]1C[C@@H]1c1ccc(C(N)=O)cc1. The molecule has 1 saturated carbocycles. The summed E-state index contributed by atoms with van der Waals surface area (Å²) in [5.74, 6) is -0.273. The molecule has 1 aliphatic rings. The van der Waals surface area contributed by atoms with Crippen LogP contribution < -0.4 is 17.0 Å². The van der Waals surface area contributed by atoms with Gasteiger partial charge in [-0.2, -0.15) is 5.26 Å². The van der Waals surface area contributed by atoms with E-state index in [2.05, 4.69) is 20.2 Å². The van der Waals surface area contributed by atoms with Gasteiger partial charge in [-0.25, -0.2) is 4.79 Å². The zero-order valence-electron chi connectivity index (χ0n) is 14.5. The van der Waals surface area contributed by atoms with E-state index in [1.54, 1.807) is 18.2 Å². The minimum Gasteiger partial charge on any atom is -0.366 e. The van der Waals surface area contributed by atoms with Crippen molar-refractivity contribution in [1.82, 2.24) is 20.2 Å². The van der Waals surface area contributed by atoms with Crippen molar-refractivity contribution >= 4 is 5.91 Å². The van der Waals surface area contributed by atoms with Crippen LogP contribution >= 0.6 is 0 Å². The number of primary amides is 1. The molecule has 0 unspecified atom stereocenters. The summed E-state index contributed by atoms with van der Waals surface area (Å²) in [5.41, 5.74) is 6.87. The molecule has 9 nitrogen and oxygen atoms in total. The molecule has 2 atom stereocenters. The van der Waals surface area contributed by atoms with E-state index in [4.69, 9.17) is 5.73 Å². The van der Waals surface area contributed by atoms with Crippen molar-refractivity contribution in [3.8, 4) is 17.3 Å². The van der Waals surface area contributed by atoms with E-state index in [9.17, 15) is 19.6 Å². The van der Waals surface area contributed by atoms with Crippen LogP contribution in [0, 0.1) is 11.3 Å². The molecule has 9 heteroatoms. The molecule has 1 aromatic carbocycles. The Morgan fingerprint density at radius 1 is 1.18 bits per heavy atom. The number of amides is 1. The van der Waals surface area contributed by atoms with Crippen molar-refractivity contribution < 1.29 is 4.79 Å². The monoisotopic (exact) mass is 374 g/mol. The third-order valence-electron chi connectivity index (χ3n) is 4.84. The lowest BCUT2D eigenvalue weighted by atomic mass is 10.0. The number of rotatable bonds is 4. The molecule has 3 aromatic rings. The van der Waals surface area contributed by atoms with Crippen LogP contribution in [0.25, 0.3) is 11.3 Å². The molecule has 1 aliphatic carbocycles. The zero-order valence-corrected chi connectivity index (χ0v) is 14.5. The van der Waals surface area contributed by atoms with Crippen LogP contribution in [-0.2, 0) is 0 Å². The maximum atomic E-state index is 12.0. The third kappa shape index (κ3) is 3.07.